The molecule has 0 aliphatic heterocycles. The van der Waals surface area contributed by atoms with Gasteiger partial charge in [0, 0.05) is 10.3 Å². The normalized spacial score (nSPS) is 10.7. The monoisotopic (exact) mass is 184 g/mol. The van der Waals surface area contributed by atoms with E-state index in [9.17, 15) is 0 Å². The number of rotatable bonds is 0. The predicted molar refractivity (Wildman–Crippen MR) is 48.4 cm³/mol. The smallest absolute Gasteiger partial charge is 0.0847 e. The number of thiol groups is 1. The van der Waals surface area contributed by atoms with Gasteiger partial charge in [-0.3, -0.25) is 5.10 Å². The van der Waals surface area contributed by atoms with Gasteiger partial charge in [-0.25, -0.2) is 0 Å². The molecule has 56 valence electrons. The maximum absolute atomic E-state index is 5.92. The predicted octanol–water partition coefficient (Wildman–Crippen LogP) is 2.50. The summed E-state index contributed by atoms with van der Waals surface area (Å²) in [5.74, 6) is 0. The van der Waals surface area contributed by atoms with E-state index in [0.717, 1.165) is 15.8 Å². The molecule has 0 bridgehead atoms. The van der Waals surface area contributed by atoms with E-state index in [1.807, 2.05) is 12.1 Å². The van der Waals surface area contributed by atoms with Crippen LogP contribution in [0.3, 0.4) is 0 Å². The van der Waals surface area contributed by atoms with Gasteiger partial charge in [0.15, 0.2) is 0 Å². The fourth-order valence-corrected chi connectivity index (χ4v) is 1.37. The van der Waals surface area contributed by atoms with Crippen molar-refractivity contribution in [1.82, 2.24) is 10.2 Å². The number of fused-ring (bicyclic) bond motifs is 1. The summed E-state index contributed by atoms with van der Waals surface area (Å²) in [4.78, 5) is 0.767. The first-order valence-corrected chi connectivity index (χ1v) is 3.92. The highest BCUT2D eigenvalue weighted by Crippen LogP contribution is 2.27. The molecule has 0 saturated carbocycles. The van der Waals surface area contributed by atoms with E-state index in [2.05, 4.69) is 22.8 Å². The minimum absolute atomic E-state index is 0.628. The standard InChI is InChI=1S/C7H5ClN2S/c8-6-5(11)2-1-4-3-9-10-7(4)6/h1-3,11H,(H,9,10). The third-order valence-electron chi connectivity index (χ3n) is 1.53. The Kier molecular flexibility index (Phi) is 1.55. The van der Waals surface area contributed by atoms with Gasteiger partial charge < -0.3 is 0 Å². The summed E-state index contributed by atoms with van der Waals surface area (Å²) in [7, 11) is 0. The number of nitrogens with zero attached hydrogens (tertiary/aromatic N) is 1. The molecular weight excluding hydrogens is 180 g/mol. The molecule has 0 spiro atoms. The highest BCUT2D eigenvalue weighted by Gasteiger charge is 2.02. The van der Waals surface area contributed by atoms with Crippen LogP contribution in [-0.2, 0) is 0 Å². The molecule has 0 atom stereocenters. The zero-order valence-corrected chi connectivity index (χ0v) is 7.15. The first kappa shape index (κ1) is 7.00. The number of halogens is 1. The molecule has 0 unspecified atom stereocenters. The van der Waals surface area contributed by atoms with Gasteiger partial charge in [0.2, 0.25) is 0 Å². The average molecular weight is 185 g/mol. The number of aromatic nitrogens is 2. The van der Waals surface area contributed by atoms with Crippen LogP contribution in [0.15, 0.2) is 23.2 Å². The van der Waals surface area contributed by atoms with Gasteiger partial charge in [-0.15, -0.1) is 12.6 Å². The molecule has 1 aromatic heterocycles. The Morgan fingerprint density at radius 3 is 3.09 bits per heavy atom. The molecule has 1 aromatic carbocycles. The van der Waals surface area contributed by atoms with E-state index in [0.29, 0.717) is 5.02 Å². The van der Waals surface area contributed by atoms with Crippen molar-refractivity contribution in [2.24, 2.45) is 0 Å². The van der Waals surface area contributed by atoms with E-state index >= 15 is 0 Å². The molecule has 0 fully saturated rings. The second-order valence-electron chi connectivity index (χ2n) is 2.23. The van der Waals surface area contributed by atoms with E-state index in [4.69, 9.17) is 11.6 Å². The van der Waals surface area contributed by atoms with Crippen molar-refractivity contribution in [2.45, 2.75) is 4.90 Å². The van der Waals surface area contributed by atoms with Crippen LogP contribution in [0.2, 0.25) is 5.02 Å². The fraction of sp³-hybridized carbons (Fsp3) is 0. The van der Waals surface area contributed by atoms with Crippen LogP contribution >= 0.6 is 24.2 Å². The Labute approximate surface area is 74.0 Å². The number of H-pyrrole nitrogens is 1. The molecule has 2 aromatic rings. The summed E-state index contributed by atoms with van der Waals surface area (Å²) in [5, 5.41) is 8.29. The number of hydrogen-bond acceptors (Lipinski definition) is 2. The molecule has 2 nitrogen and oxygen atoms in total. The highest BCUT2D eigenvalue weighted by molar-refractivity contribution is 7.80. The van der Waals surface area contributed by atoms with Crippen LogP contribution in [0, 0.1) is 0 Å². The Morgan fingerprint density at radius 1 is 1.45 bits per heavy atom. The lowest BCUT2D eigenvalue weighted by molar-refractivity contribution is 1.12. The molecule has 0 aliphatic carbocycles. The molecule has 1 heterocycles. The summed E-state index contributed by atoms with van der Waals surface area (Å²) in [6.45, 7) is 0. The van der Waals surface area contributed by atoms with E-state index < -0.39 is 0 Å². The summed E-state index contributed by atoms with van der Waals surface area (Å²) in [6, 6.07) is 3.77. The van der Waals surface area contributed by atoms with Crippen LogP contribution in [0.4, 0.5) is 0 Å². The second-order valence-corrected chi connectivity index (χ2v) is 3.09. The minimum atomic E-state index is 0.628. The van der Waals surface area contributed by atoms with Crippen LogP contribution in [-0.4, -0.2) is 10.2 Å². The minimum Gasteiger partial charge on any atom is -0.276 e. The molecule has 1 N–H and O–H groups in total. The largest absolute Gasteiger partial charge is 0.276 e. The first-order valence-electron chi connectivity index (χ1n) is 3.09. The molecule has 0 amide bonds. The van der Waals surface area contributed by atoms with Crippen molar-refractivity contribution in [2.75, 3.05) is 0 Å². The first-order chi connectivity index (χ1) is 5.29. The summed E-state index contributed by atoms with van der Waals surface area (Å²) < 4.78 is 0. The zero-order valence-electron chi connectivity index (χ0n) is 5.50. The molecule has 0 saturated heterocycles. The lowest BCUT2D eigenvalue weighted by atomic mass is 10.3. The van der Waals surface area contributed by atoms with Gasteiger partial charge in [0.1, 0.15) is 0 Å². The summed E-state index contributed by atoms with van der Waals surface area (Å²) in [5.41, 5.74) is 0.846. The van der Waals surface area contributed by atoms with Gasteiger partial charge >= 0.3 is 0 Å². The van der Waals surface area contributed by atoms with E-state index in [1.165, 1.54) is 0 Å². The second kappa shape index (κ2) is 2.43. The topological polar surface area (TPSA) is 28.7 Å². The molecule has 11 heavy (non-hydrogen) atoms. The van der Waals surface area contributed by atoms with Crippen molar-refractivity contribution in [3.8, 4) is 0 Å². The lowest BCUT2D eigenvalue weighted by Gasteiger charge is -1.95. The number of nitrogens with one attached hydrogen (secondary N) is 1. The molecule has 2 rings (SSSR count). The Morgan fingerprint density at radius 2 is 2.27 bits per heavy atom. The lowest BCUT2D eigenvalue weighted by Crippen LogP contribution is -1.73. The van der Waals surface area contributed by atoms with Gasteiger partial charge in [-0.05, 0) is 6.07 Å². The van der Waals surface area contributed by atoms with Crippen LogP contribution in [0.5, 0.6) is 0 Å². The molecule has 0 radical (unpaired) electrons. The van der Waals surface area contributed by atoms with Crippen molar-refractivity contribution in [1.29, 1.82) is 0 Å². The maximum atomic E-state index is 5.92. The molecule has 0 aliphatic rings. The number of aromatic amines is 1. The SMILES string of the molecule is Sc1ccc2cn[nH]c2c1Cl. The molecule has 4 heteroatoms. The van der Waals surface area contributed by atoms with Crippen molar-refractivity contribution >= 4 is 35.1 Å². The van der Waals surface area contributed by atoms with E-state index in [-0.39, 0.29) is 0 Å². The van der Waals surface area contributed by atoms with Crippen molar-refractivity contribution in [3.63, 3.8) is 0 Å². The molecular formula is C7H5ClN2S. The summed E-state index contributed by atoms with van der Waals surface area (Å²) >= 11 is 10.1. The van der Waals surface area contributed by atoms with Crippen molar-refractivity contribution in [3.05, 3.63) is 23.4 Å². The Hall–Kier alpha value is -0.670. The van der Waals surface area contributed by atoms with Crippen LogP contribution in [0.25, 0.3) is 10.9 Å². The van der Waals surface area contributed by atoms with Crippen LogP contribution < -0.4 is 0 Å². The third-order valence-corrected chi connectivity index (χ3v) is 2.43. The van der Waals surface area contributed by atoms with Gasteiger partial charge in [0.05, 0.1) is 16.7 Å². The fourth-order valence-electron chi connectivity index (χ4n) is 0.968. The highest BCUT2D eigenvalue weighted by atomic mass is 35.5. The van der Waals surface area contributed by atoms with Crippen LogP contribution in [0.1, 0.15) is 0 Å². The van der Waals surface area contributed by atoms with Crippen molar-refractivity contribution < 1.29 is 0 Å². The van der Waals surface area contributed by atoms with Gasteiger partial charge in [0.25, 0.3) is 0 Å². The third kappa shape index (κ3) is 1.01. The zero-order chi connectivity index (χ0) is 7.84. The maximum Gasteiger partial charge on any atom is 0.0847 e. The number of benzene rings is 1. The Balaban J connectivity index is 2.93. The van der Waals surface area contributed by atoms with E-state index in [1.54, 1.807) is 6.20 Å². The Bertz CT molecular complexity index is 396. The van der Waals surface area contributed by atoms with Gasteiger partial charge in [-0.1, -0.05) is 17.7 Å². The van der Waals surface area contributed by atoms with Gasteiger partial charge in [-0.2, -0.15) is 5.10 Å². The average Bonchev–Trinajstić information content (AvgIpc) is 2.45. The quantitative estimate of drug-likeness (QED) is 0.606. The number of hydrogen-bond donors (Lipinski definition) is 2. The summed E-state index contributed by atoms with van der Waals surface area (Å²) in [6.07, 6.45) is 1.73.